The molecule has 4 atom stereocenters. The SMILES string of the molecule is CC(C)C[C@H]1[C@H](O)C[C@@H]2C[C@H]1C2(C)C. The summed E-state index contributed by atoms with van der Waals surface area (Å²) in [7, 11) is 0. The van der Waals surface area contributed by atoms with Crippen LogP contribution in [0, 0.1) is 29.1 Å². The van der Waals surface area contributed by atoms with Gasteiger partial charge in [0.15, 0.2) is 0 Å². The monoisotopic (exact) mass is 196 g/mol. The van der Waals surface area contributed by atoms with Gasteiger partial charge in [0.05, 0.1) is 6.10 Å². The molecule has 3 fully saturated rings. The third-order valence-electron chi connectivity index (χ3n) is 4.83. The average molecular weight is 196 g/mol. The molecule has 0 aliphatic heterocycles. The van der Waals surface area contributed by atoms with Gasteiger partial charge in [0, 0.05) is 0 Å². The number of aliphatic hydroxyl groups is 1. The number of hydrogen-bond acceptors (Lipinski definition) is 1. The highest BCUT2D eigenvalue weighted by molar-refractivity contribution is 5.06. The maximum Gasteiger partial charge on any atom is 0.0574 e. The van der Waals surface area contributed by atoms with Gasteiger partial charge in [-0.25, -0.2) is 0 Å². The predicted octanol–water partition coefficient (Wildman–Crippen LogP) is 3.08. The largest absolute Gasteiger partial charge is 0.393 e. The topological polar surface area (TPSA) is 20.2 Å². The number of hydrogen-bond donors (Lipinski definition) is 1. The molecule has 0 aromatic heterocycles. The standard InChI is InChI=1S/C13H24O/c1-8(2)5-10-11-6-9(7-12(10)14)13(11,3)4/h8-12,14H,5-7H2,1-4H3/t9-,10+,11+,12+/m0/s1. The van der Waals surface area contributed by atoms with E-state index in [-0.39, 0.29) is 6.10 Å². The lowest BCUT2D eigenvalue weighted by Crippen LogP contribution is -2.57. The van der Waals surface area contributed by atoms with E-state index in [9.17, 15) is 5.11 Å². The van der Waals surface area contributed by atoms with E-state index in [4.69, 9.17) is 0 Å². The van der Waals surface area contributed by atoms with Crippen molar-refractivity contribution in [2.45, 2.75) is 53.1 Å². The van der Waals surface area contributed by atoms with Gasteiger partial charge in [-0.15, -0.1) is 0 Å². The first-order valence-electron chi connectivity index (χ1n) is 6.11. The van der Waals surface area contributed by atoms with Crippen molar-refractivity contribution in [3.8, 4) is 0 Å². The lowest BCUT2D eigenvalue weighted by Gasteiger charge is -2.62. The van der Waals surface area contributed by atoms with Gasteiger partial charge in [0.25, 0.3) is 0 Å². The maximum absolute atomic E-state index is 10.1. The van der Waals surface area contributed by atoms with Gasteiger partial charge < -0.3 is 5.11 Å². The molecule has 0 amide bonds. The van der Waals surface area contributed by atoms with Crippen molar-refractivity contribution >= 4 is 0 Å². The van der Waals surface area contributed by atoms with E-state index >= 15 is 0 Å². The van der Waals surface area contributed by atoms with Crippen LogP contribution < -0.4 is 0 Å². The van der Waals surface area contributed by atoms with E-state index in [1.165, 1.54) is 12.8 Å². The number of fused-ring (bicyclic) bond motifs is 2. The molecule has 3 saturated carbocycles. The molecule has 0 spiro atoms. The molecule has 0 aromatic rings. The molecule has 1 N–H and O–H groups in total. The Morgan fingerprint density at radius 1 is 1.29 bits per heavy atom. The minimum Gasteiger partial charge on any atom is -0.393 e. The van der Waals surface area contributed by atoms with E-state index in [1.54, 1.807) is 0 Å². The minimum atomic E-state index is -0.00539. The molecule has 0 radical (unpaired) electrons. The molecule has 2 bridgehead atoms. The summed E-state index contributed by atoms with van der Waals surface area (Å²) >= 11 is 0. The molecule has 3 rings (SSSR count). The Hall–Kier alpha value is -0.0400. The van der Waals surface area contributed by atoms with Gasteiger partial charge in [-0.1, -0.05) is 27.7 Å². The quantitative estimate of drug-likeness (QED) is 0.719. The Morgan fingerprint density at radius 3 is 2.43 bits per heavy atom. The lowest BCUT2D eigenvalue weighted by atomic mass is 9.44. The fourth-order valence-corrected chi connectivity index (χ4v) is 3.78. The van der Waals surface area contributed by atoms with Crippen molar-refractivity contribution < 1.29 is 5.11 Å². The van der Waals surface area contributed by atoms with Crippen molar-refractivity contribution in [3.63, 3.8) is 0 Å². The fraction of sp³-hybridized carbons (Fsp3) is 1.00. The highest BCUT2D eigenvalue weighted by Gasteiger charge is 2.57. The molecule has 0 saturated heterocycles. The van der Waals surface area contributed by atoms with Crippen LogP contribution in [-0.4, -0.2) is 11.2 Å². The van der Waals surface area contributed by atoms with Crippen molar-refractivity contribution in [1.82, 2.24) is 0 Å². The van der Waals surface area contributed by atoms with Crippen LogP contribution in [0.15, 0.2) is 0 Å². The summed E-state index contributed by atoms with van der Waals surface area (Å²) < 4.78 is 0. The maximum atomic E-state index is 10.1. The second-order valence-electron chi connectivity index (χ2n) is 6.46. The normalized spacial score (nSPS) is 45.0. The average Bonchev–Trinajstić information content (AvgIpc) is 2.06. The molecular formula is C13H24O. The summed E-state index contributed by atoms with van der Waals surface area (Å²) in [6, 6.07) is 0. The summed E-state index contributed by atoms with van der Waals surface area (Å²) in [5, 5.41) is 10.1. The molecule has 14 heavy (non-hydrogen) atoms. The second-order valence-corrected chi connectivity index (χ2v) is 6.46. The first-order valence-corrected chi connectivity index (χ1v) is 6.11. The Morgan fingerprint density at radius 2 is 1.93 bits per heavy atom. The molecule has 0 heterocycles. The van der Waals surface area contributed by atoms with Crippen LogP contribution in [0.4, 0.5) is 0 Å². The molecule has 82 valence electrons. The van der Waals surface area contributed by atoms with E-state index in [0.717, 1.165) is 24.2 Å². The zero-order valence-electron chi connectivity index (χ0n) is 9.96. The van der Waals surface area contributed by atoms with Gasteiger partial charge in [0.1, 0.15) is 0 Å². The van der Waals surface area contributed by atoms with Gasteiger partial charge in [-0.05, 0) is 48.3 Å². The van der Waals surface area contributed by atoms with Crippen LogP contribution in [0.1, 0.15) is 47.0 Å². The molecule has 0 unspecified atom stereocenters. The number of rotatable bonds is 2. The van der Waals surface area contributed by atoms with Gasteiger partial charge >= 0.3 is 0 Å². The van der Waals surface area contributed by atoms with Crippen molar-refractivity contribution in [2.75, 3.05) is 0 Å². The summed E-state index contributed by atoms with van der Waals surface area (Å²) in [5.74, 6) is 2.89. The highest BCUT2D eigenvalue weighted by atomic mass is 16.3. The van der Waals surface area contributed by atoms with Gasteiger partial charge in [-0.3, -0.25) is 0 Å². The first kappa shape index (κ1) is 10.5. The first-order chi connectivity index (χ1) is 6.43. The van der Waals surface area contributed by atoms with Crippen molar-refractivity contribution in [1.29, 1.82) is 0 Å². The smallest absolute Gasteiger partial charge is 0.0574 e. The molecule has 3 aliphatic rings. The fourth-order valence-electron chi connectivity index (χ4n) is 3.78. The molecule has 1 nitrogen and oxygen atoms in total. The van der Waals surface area contributed by atoms with E-state index in [1.807, 2.05) is 0 Å². The Kier molecular flexibility index (Phi) is 2.42. The third-order valence-corrected chi connectivity index (χ3v) is 4.83. The van der Waals surface area contributed by atoms with E-state index in [0.29, 0.717) is 11.3 Å². The van der Waals surface area contributed by atoms with Crippen LogP contribution >= 0.6 is 0 Å². The van der Waals surface area contributed by atoms with Crippen molar-refractivity contribution in [3.05, 3.63) is 0 Å². The van der Waals surface area contributed by atoms with Crippen LogP contribution in [0.2, 0.25) is 0 Å². The Balaban J connectivity index is 2.07. The zero-order chi connectivity index (χ0) is 10.5. The highest BCUT2D eigenvalue weighted by Crippen LogP contribution is 2.62. The van der Waals surface area contributed by atoms with Crippen LogP contribution in [0.5, 0.6) is 0 Å². The molecular weight excluding hydrogens is 172 g/mol. The van der Waals surface area contributed by atoms with E-state index in [2.05, 4.69) is 27.7 Å². The van der Waals surface area contributed by atoms with Gasteiger partial charge in [-0.2, -0.15) is 0 Å². The Labute approximate surface area is 87.9 Å². The van der Waals surface area contributed by atoms with Crippen LogP contribution in [0.25, 0.3) is 0 Å². The molecule has 1 heteroatoms. The number of aliphatic hydroxyl groups excluding tert-OH is 1. The van der Waals surface area contributed by atoms with E-state index < -0.39 is 0 Å². The van der Waals surface area contributed by atoms with Crippen LogP contribution in [-0.2, 0) is 0 Å². The van der Waals surface area contributed by atoms with Crippen molar-refractivity contribution in [2.24, 2.45) is 29.1 Å². The van der Waals surface area contributed by atoms with Crippen LogP contribution in [0.3, 0.4) is 0 Å². The lowest BCUT2D eigenvalue weighted by molar-refractivity contribution is -0.164. The summed E-state index contributed by atoms with van der Waals surface area (Å²) in [6.45, 7) is 9.32. The Bertz CT molecular complexity index is 219. The molecule has 3 aliphatic carbocycles. The third kappa shape index (κ3) is 1.41. The second kappa shape index (κ2) is 3.23. The summed E-state index contributed by atoms with van der Waals surface area (Å²) in [4.78, 5) is 0. The van der Waals surface area contributed by atoms with Gasteiger partial charge in [0.2, 0.25) is 0 Å². The predicted molar refractivity (Wildman–Crippen MR) is 58.9 cm³/mol. The summed E-state index contributed by atoms with van der Waals surface area (Å²) in [5.41, 5.74) is 0.513. The molecule has 0 aromatic carbocycles. The zero-order valence-corrected chi connectivity index (χ0v) is 9.96. The minimum absolute atomic E-state index is 0.00539. The summed E-state index contributed by atoms with van der Waals surface area (Å²) in [6.07, 6.45) is 3.64.